The van der Waals surface area contributed by atoms with Gasteiger partial charge in [0.05, 0.1) is 11.9 Å². The number of carbonyl (C=O) groups excluding carboxylic acids is 2. The first kappa shape index (κ1) is 12.4. The Morgan fingerprint density at radius 3 is 3.00 bits per heavy atom. The molecule has 0 aromatic carbocycles. The fourth-order valence-corrected chi connectivity index (χ4v) is 1.70. The molecule has 0 saturated carbocycles. The predicted octanol–water partition coefficient (Wildman–Crippen LogP) is 1.37. The number of hydrogen-bond acceptors (Lipinski definition) is 4. The molecule has 0 fully saturated rings. The molecule has 0 spiro atoms. The van der Waals surface area contributed by atoms with Crippen LogP contribution in [0.25, 0.3) is 6.08 Å². The zero-order chi connectivity index (χ0) is 13.0. The lowest BCUT2D eigenvalue weighted by molar-refractivity contribution is -0.139. The lowest BCUT2D eigenvalue weighted by Crippen LogP contribution is -2.38. The molecule has 0 saturated heterocycles. The summed E-state index contributed by atoms with van der Waals surface area (Å²) in [6, 6.07) is 0. The highest BCUT2D eigenvalue weighted by molar-refractivity contribution is 6.43. The van der Waals surface area contributed by atoms with Crippen LogP contribution in [-0.4, -0.2) is 33.2 Å². The second-order valence-corrected chi connectivity index (χ2v) is 4.01. The standard InChI is InChI=1S/C12H10ClN3O2/c13-10-2-1-7-16(12(10)18)11(17)4-3-9-8-14-5-6-15-9/h2-6,8H,1,7H2/b4-3+. The minimum absolute atomic E-state index is 0.0857. The van der Waals surface area contributed by atoms with Gasteiger partial charge >= 0.3 is 0 Å². The monoisotopic (exact) mass is 263 g/mol. The van der Waals surface area contributed by atoms with Crippen molar-refractivity contribution in [3.63, 3.8) is 0 Å². The molecule has 1 aliphatic heterocycles. The van der Waals surface area contributed by atoms with Crippen molar-refractivity contribution in [1.82, 2.24) is 14.9 Å². The first-order chi connectivity index (χ1) is 8.68. The van der Waals surface area contributed by atoms with Crippen molar-refractivity contribution >= 4 is 29.5 Å². The van der Waals surface area contributed by atoms with Crippen LogP contribution >= 0.6 is 11.6 Å². The van der Waals surface area contributed by atoms with Gasteiger partial charge in [-0.2, -0.15) is 0 Å². The van der Waals surface area contributed by atoms with Crippen LogP contribution in [0.1, 0.15) is 12.1 Å². The highest BCUT2D eigenvalue weighted by Crippen LogP contribution is 2.15. The number of aromatic nitrogens is 2. The molecule has 18 heavy (non-hydrogen) atoms. The van der Waals surface area contributed by atoms with Gasteiger partial charge in [0.2, 0.25) is 0 Å². The van der Waals surface area contributed by atoms with Crippen molar-refractivity contribution in [3.8, 4) is 0 Å². The normalized spacial score (nSPS) is 15.9. The first-order valence-electron chi connectivity index (χ1n) is 5.34. The highest BCUT2D eigenvalue weighted by Gasteiger charge is 2.24. The molecule has 92 valence electrons. The molecule has 0 aliphatic carbocycles. The van der Waals surface area contributed by atoms with E-state index in [1.807, 2.05) is 0 Å². The van der Waals surface area contributed by atoms with Gasteiger partial charge < -0.3 is 0 Å². The Labute approximate surface area is 109 Å². The van der Waals surface area contributed by atoms with Crippen molar-refractivity contribution in [3.05, 3.63) is 41.5 Å². The topological polar surface area (TPSA) is 63.2 Å². The Hall–Kier alpha value is -2.01. The van der Waals surface area contributed by atoms with Crippen LogP contribution in [0.3, 0.4) is 0 Å². The number of imide groups is 1. The summed E-state index contributed by atoms with van der Waals surface area (Å²) in [7, 11) is 0. The van der Waals surface area contributed by atoms with Gasteiger partial charge in [0.15, 0.2) is 0 Å². The summed E-state index contributed by atoms with van der Waals surface area (Å²) in [6.45, 7) is 0.346. The Bertz CT molecular complexity index is 525. The minimum Gasteiger partial charge on any atom is -0.274 e. The van der Waals surface area contributed by atoms with Crippen LogP contribution < -0.4 is 0 Å². The molecule has 0 atom stereocenters. The van der Waals surface area contributed by atoms with E-state index in [4.69, 9.17) is 11.6 Å². The average Bonchev–Trinajstić information content (AvgIpc) is 2.40. The van der Waals surface area contributed by atoms with Crippen molar-refractivity contribution in [2.75, 3.05) is 6.54 Å². The molecule has 5 nitrogen and oxygen atoms in total. The number of carbonyl (C=O) groups is 2. The number of hydrogen-bond donors (Lipinski definition) is 0. The van der Waals surface area contributed by atoms with E-state index < -0.39 is 11.8 Å². The van der Waals surface area contributed by atoms with E-state index in [0.29, 0.717) is 18.7 Å². The largest absolute Gasteiger partial charge is 0.274 e. The van der Waals surface area contributed by atoms with Crippen LogP contribution in [0.4, 0.5) is 0 Å². The van der Waals surface area contributed by atoms with Crippen LogP contribution in [0.2, 0.25) is 0 Å². The number of amides is 2. The van der Waals surface area contributed by atoms with Crippen molar-refractivity contribution in [1.29, 1.82) is 0 Å². The smallest absolute Gasteiger partial charge is 0.271 e. The molecule has 1 aromatic rings. The highest BCUT2D eigenvalue weighted by atomic mass is 35.5. The molecule has 1 aliphatic rings. The van der Waals surface area contributed by atoms with Gasteiger partial charge in [-0.25, -0.2) is 0 Å². The molecule has 2 heterocycles. The molecular weight excluding hydrogens is 254 g/mol. The van der Waals surface area contributed by atoms with E-state index in [1.54, 1.807) is 6.08 Å². The average molecular weight is 264 g/mol. The van der Waals surface area contributed by atoms with Crippen LogP contribution in [0.5, 0.6) is 0 Å². The quantitative estimate of drug-likeness (QED) is 0.756. The maximum atomic E-state index is 11.8. The fraction of sp³-hybridized carbons (Fsp3) is 0.167. The van der Waals surface area contributed by atoms with Gasteiger partial charge in [-0.1, -0.05) is 17.7 Å². The van der Waals surface area contributed by atoms with E-state index >= 15 is 0 Å². The summed E-state index contributed by atoms with van der Waals surface area (Å²) in [5, 5.41) is 0.0857. The molecule has 0 radical (unpaired) electrons. The van der Waals surface area contributed by atoms with Gasteiger partial charge in [0.25, 0.3) is 11.8 Å². The van der Waals surface area contributed by atoms with Crippen molar-refractivity contribution in [2.24, 2.45) is 0 Å². The molecule has 0 N–H and O–H groups in total. The predicted molar refractivity (Wildman–Crippen MR) is 66.3 cm³/mol. The third kappa shape index (κ3) is 2.81. The fourth-order valence-electron chi connectivity index (χ4n) is 1.49. The lowest BCUT2D eigenvalue weighted by Gasteiger charge is -2.21. The van der Waals surface area contributed by atoms with Crippen LogP contribution in [0.15, 0.2) is 35.8 Å². The van der Waals surface area contributed by atoms with Gasteiger partial charge in [-0.05, 0) is 12.5 Å². The Kier molecular flexibility index (Phi) is 3.84. The van der Waals surface area contributed by atoms with E-state index in [2.05, 4.69) is 9.97 Å². The summed E-state index contributed by atoms with van der Waals surface area (Å²) in [5.74, 6) is -0.867. The van der Waals surface area contributed by atoms with Crippen LogP contribution in [-0.2, 0) is 9.59 Å². The molecule has 2 rings (SSSR count). The maximum absolute atomic E-state index is 11.8. The number of halogens is 1. The van der Waals surface area contributed by atoms with E-state index in [9.17, 15) is 9.59 Å². The summed E-state index contributed by atoms with van der Waals surface area (Å²) < 4.78 is 0. The third-order valence-electron chi connectivity index (χ3n) is 2.37. The minimum atomic E-state index is -0.461. The number of rotatable bonds is 2. The summed E-state index contributed by atoms with van der Waals surface area (Å²) in [5.41, 5.74) is 0.553. The van der Waals surface area contributed by atoms with Gasteiger partial charge in [0, 0.05) is 25.0 Å². The Balaban J connectivity index is 2.07. The molecular formula is C12H10ClN3O2. The van der Waals surface area contributed by atoms with E-state index in [0.717, 1.165) is 4.90 Å². The Morgan fingerprint density at radius 1 is 1.44 bits per heavy atom. The zero-order valence-corrected chi connectivity index (χ0v) is 10.2. The van der Waals surface area contributed by atoms with Crippen molar-refractivity contribution in [2.45, 2.75) is 6.42 Å². The van der Waals surface area contributed by atoms with Gasteiger partial charge in [-0.15, -0.1) is 0 Å². The summed E-state index contributed by atoms with van der Waals surface area (Å²) in [6.07, 6.45) is 9.57. The van der Waals surface area contributed by atoms with E-state index in [-0.39, 0.29) is 5.03 Å². The van der Waals surface area contributed by atoms with Crippen molar-refractivity contribution < 1.29 is 9.59 Å². The second-order valence-electron chi connectivity index (χ2n) is 3.60. The molecule has 0 bridgehead atoms. The maximum Gasteiger partial charge on any atom is 0.271 e. The van der Waals surface area contributed by atoms with E-state index in [1.165, 1.54) is 30.7 Å². The third-order valence-corrected chi connectivity index (χ3v) is 2.69. The lowest BCUT2D eigenvalue weighted by atomic mass is 10.2. The van der Waals surface area contributed by atoms with Gasteiger partial charge in [0.1, 0.15) is 5.03 Å². The number of nitrogens with zero attached hydrogens (tertiary/aromatic N) is 3. The Morgan fingerprint density at radius 2 is 2.28 bits per heavy atom. The zero-order valence-electron chi connectivity index (χ0n) is 9.41. The SMILES string of the molecule is O=C(/C=C/c1cnccn1)N1CCC=C(Cl)C1=O. The van der Waals surface area contributed by atoms with Crippen LogP contribution in [0, 0.1) is 0 Å². The van der Waals surface area contributed by atoms with Gasteiger partial charge in [-0.3, -0.25) is 24.5 Å². The molecule has 6 heteroatoms. The summed E-state index contributed by atoms with van der Waals surface area (Å²) in [4.78, 5) is 32.4. The molecule has 2 amide bonds. The summed E-state index contributed by atoms with van der Waals surface area (Å²) >= 11 is 5.69. The molecule has 1 aromatic heterocycles. The molecule has 0 unspecified atom stereocenters. The first-order valence-corrected chi connectivity index (χ1v) is 5.72. The second kappa shape index (κ2) is 5.55.